The van der Waals surface area contributed by atoms with Crippen LogP contribution in [0.3, 0.4) is 0 Å². The minimum atomic E-state index is -0.186. The van der Waals surface area contributed by atoms with Gasteiger partial charge in [0.1, 0.15) is 11.6 Å². The van der Waals surface area contributed by atoms with Crippen LogP contribution in [-0.2, 0) is 24.1 Å². The molecule has 0 heterocycles. The SMILES string of the molecule is CCc1cccc(F)c1-c1ccc2c(c1)CC(=O)CCC2. The largest absolute Gasteiger partial charge is 0.299 e. The Kier molecular flexibility index (Phi) is 3.87. The van der Waals surface area contributed by atoms with Gasteiger partial charge in [-0.05, 0) is 47.6 Å². The third-order valence-electron chi connectivity index (χ3n) is 4.27. The second kappa shape index (κ2) is 5.80. The molecule has 0 amide bonds. The molecule has 0 spiro atoms. The van der Waals surface area contributed by atoms with Crippen LogP contribution in [0.25, 0.3) is 11.1 Å². The van der Waals surface area contributed by atoms with E-state index in [9.17, 15) is 9.18 Å². The number of Topliss-reactive ketones (excluding diaryl/α,β-unsaturated/α-hetero) is 1. The van der Waals surface area contributed by atoms with Gasteiger partial charge in [0, 0.05) is 18.4 Å². The zero-order valence-electron chi connectivity index (χ0n) is 12.3. The molecule has 0 aliphatic heterocycles. The molecule has 2 aromatic carbocycles. The molecular formula is C19H19FO. The maximum absolute atomic E-state index is 14.2. The van der Waals surface area contributed by atoms with Crippen molar-refractivity contribution in [2.45, 2.75) is 39.0 Å². The van der Waals surface area contributed by atoms with Gasteiger partial charge in [-0.3, -0.25) is 4.79 Å². The molecule has 1 aliphatic carbocycles. The molecule has 21 heavy (non-hydrogen) atoms. The molecule has 0 fully saturated rings. The van der Waals surface area contributed by atoms with E-state index in [2.05, 4.69) is 6.07 Å². The lowest BCUT2D eigenvalue weighted by Crippen LogP contribution is -2.01. The van der Waals surface area contributed by atoms with Crippen molar-refractivity contribution in [3.05, 3.63) is 58.9 Å². The van der Waals surface area contributed by atoms with Crippen molar-refractivity contribution < 1.29 is 9.18 Å². The van der Waals surface area contributed by atoms with E-state index < -0.39 is 0 Å². The predicted molar refractivity (Wildman–Crippen MR) is 82.9 cm³/mol. The van der Waals surface area contributed by atoms with Gasteiger partial charge in [0.05, 0.1) is 0 Å². The monoisotopic (exact) mass is 282 g/mol. The van der Waals surface area contributed by atoms with Gasteiger partial charge in [-0.15, -0.1) is 0 Å². The first-order valence-electron chi connectivity index (χ1n) is 7.60. The van der Waals surface area contributed by atoms with Crippen molar-refractivity contribution in [1.29, 1.82) is 0 Å². The Morgan fingerprint density at radius 3 is 2.76 bits per heavy atom. The molecule has 0 radical (unpaired) electrons. The number of hydrogen-bond acceptors (Lipinski definition) is 1. The van der Waals surface area contributed by atoms with Gasteiger partial charge < -0.3 is 0 Å². The normalized spacial score (nSPS) is 14.7. The Morgan fingerprint density at radius 1 is 1.10 bits per heavy atom. The van der Waals surface area contributed by atoms with E-state index in [1.165, 1.54) is 11.6 Å². The third kappa shape index (κ3) is 2.76. The topological polar surface area (TPSA) is 17.1 Å². The number of benzene rings is 2. The van der Waals surface area contributed by atoms with Crippen LogP contribution >= 0.6 is 0 Å². The predicted octanol–water partition coefficient (Wildman–Crippen LogP) is 4.50. The number of aryl methyl sites for hydroxylation is 2. The molecule has 0 saturated carbocycles. The van der Waals surface area contributed by atoms with Gasteiger partial charge in [0.15, 0.2) is 0 Å². The van der Waals surface area contributed by atoms with Crippen molar-refractivity contribution >= 4 is 5.78 Å². The summed E-state index contributed by atoms with van der Waals surface area (Å²) in [5, 5.41) is 0. The van der Waals surface area contributed by atoms with E-state index >= 15 is 0 Å². The molecular weight excluding hydrogens is 263 g/mol. The van der Waals surface area contributed by atoms with Gasteiger partial charge in [0.2, 0.25) is 0 Å². The van der Waals surface area contributed by atoms with Gasteiger partial charge in [-0.2, -0.15) is 0 Å². The van der Waals surface area contributed by atoms with Gasteiger partial charge in [-0.1, -0.05) is 37.3 Å². The molecule has 0 atom stereocenters. The van der Waals surface area contributed by atoms with E-state index in [1.54, 1.807) is 6.07 Å². The summed E-state index contributed by atoms with van der Waals surface area (Å²) < 4.78 is 14.2. The fraction of sp³-hybridized carbons (Fsp3) is 0.316. The Balaban J connectivity index is 2.11. The van der Waals surface area contributed by atoms with E-state index in [0.717, 1.165) is 36.0 Å². The van der Waals surface area contributed by atoms with Crippen molar-refractivity contribution in [2.24, 2.45) is 0 Å². The number of fused-ring (bicyclic) bond motifs is 1. The Hall–Kier alpha value is -1.96. The molecule has 0 bridgehead atoms. The summed E-state index contributed by atoms with van der Waals surface area (Å²) >= 11 is 0. The van der Waals surface area contributed by atoms with Gasteiger partial charge >= 0.3 is 0 Å². The molecule has 0 N–H and O–H groups in total. The second-order valence-corrected chi connectivity index (χ2v) is 5.68. The van der Waals surface area contributed by atoms with Crippen LogP contribution in [0.5, 0.6) is 0 Å². The average Bonchev–Trinajstić information content (AvgIpc) is 2.66. The van der Waals surface area contributed by atoms with Gasteiger partial charge in [0.25, 0.3) is 0 Å². The van der Waals surface area contributed by atoms with Crippen LogP contribution < -0.4 is 0 Å². The number of rotatable bonds is 2. The van der Waals surface area contributed by atoms with E-state index in [-0.39, 0.29) is 11.6 Å². The van der Waals surface area contributed by atoms with Crippen LogP contribution in [-0.4, -0.2) is 5.78 Å². The highest BCUT2D eigenvalue weighted by Crippen LogP contribution is 2.30. The molecule has 0 saturated heterocycles. The standard InChI is InChI=1S/C19H19FO/c1-2-13-5-4-8-18(20)19(13)15-10-9-14-6-3-7-17(21)12-16(14)11-15/h4-5,8-11H,2-3,6-7,12H2,1H3. The highest BCUT2D eigenvalue weighted by molar-refractivity contribution is 5.82. The molecule has 0 aromatic heterocycles. The fourth-order valence-corrected chi connectivity index (χ4v) is 3.15. The summed E-state index contributed by atoms with van der Waals surface area (Å²) in [7, 11) is 0. The fourth-order valence-electron chi connectivity index (χ4n) is 3.15. The van der Waals surface area contributed by atoms with Crippen molar-refractivity contribution in [3.63, 3.8) is 0 Å². The Labute approximate surface area is 124 Å². The maximum atomic E-state index is 14.2. The number of carbonyl (C=O) groups is 1. The van der Waals surface area contributed by atoms with E-state index in [4.69, 9.17) is 0 Å². The molecule has 2 heteroatoms. The molecule has 108 valence electrons. The smallest absolute Gasteiger partial charge is 0.137 e. The molecule has 2 aromatic rings. The molecule has 1 nitrogen and oxygen atoms in total. The lowest BCUT2D eigenvalue weighted by Gasteiger charge is -2.12. The summed E-state index contributed by atoms with van der Waals surface area (Å²) in [4.78, 5) is 11.8. The first-order chi connectivity index (χ1) is 10.2. The first-order valence-corrected chi connectivity index (χ1v) is 7.60. The van der Waals surface area contributed by atoms with Crippen LogP contribution in [0, 0.1) is 5.82 Å². The Bertz CT molecular complexity index is 688. The van der Waals surface area contributed by atoms with Crippen LogP contribution in [0.2, 0.25) is 0 Å². The maximum Gasteiger partial charge on any atom is 0.137 e. The van der Waals surface area contributed by atoms with E-state index in [1.807, 2.05) is 25.1 Å². The highest BCUT2D eigenvalue weighted by atomic mass is 19.1. The Morgan fingerprint density at radius 2 is 1.95 bits per heavy atom. The lowest BCUT2D eigenvalue weighted by molar-refractivity contribution is -0.118. The zero-order chi connectivity index (χ0) is 14.8. The van der Waals surface area contributed by atoms with Crippen LogP contribution in [0.4, 0.5) is 4.39 Å². The summed E-state index contributed by atoms with van der Waals surface area (Å²) in [6.45, 7) is 2.03. The molecule has 3 rings (SSSR count). The van der Waals surface area contributed by atoms with E-state index in [0.29, 0.717) is 18.4 Å². The average molecular weight is 282 g/mol. The highest BCUT2D eigenvalue weighted by Gasteiger charge is 2.16. The summed E-state index contributed by atoms with van der Waals surface area (Å²) in [6.07, 6.45) is 3.80. The van der Waals surface area contributed by atoms with Crippen molar-refractivity contribution in [3.8, 4) is 11.1 Å². The number of halogens is 1. The molecule has 0 unspecified atom stereocenters. The third-order valence-corrected chi connectivity index (χ3v) is 4.27. The van der Waals surface area contributed by atoms with Gasteiger partial charge in [-0.25, -0.2) is 4.39 Å². The number of ketones is 1. The van der Waals surface area contributed by atoms with Crippen LogP contribution in [0.1, 0.15) is 36.5 Å². The zero-order valence-corrected chi connectivity index (χ0v) is 12.3. The quantitative estimate of drug-likeness (QED) is 0.741. The van der Waals surface area contributed by atoms with Crippen molar-refractivity contribution in [1.82, 2.24) is 0 Å². The summed E-state index contributed by atoms with van der Waals surface area (Å²) in [6, 6.07) is 11.3. The summed E-state index contributed by atoms with van der Waals surface area (Å²) in [5.41, 5.74) is 4.88. The minimum absolute atomic E-state index is 0.186. The first kappa shape index (κ1) is 14.0. The number of carbonyl (C=O) groups excluding carboxylic acids is 1. The number of hydrogen-bond donors (Lipinski definition) is 0. The second-order valence-electron chi connectivity index (χ2n) is 5.68. The minimum Gasteiger partial charge on any atom is -0.299 e. The van der Waals surface area contributed by atoms with Crippen LogP contribution in [0.15, 0.2) is 36.4 Å². The lowest BCUT2D eigenvalue weighted by atomic mass is 9.93. The van der Waals surface area contributed by atoms with Crippen molar-refractivity contribution in [2.75, 3.05) is 0 Å². The molecule has 1 aliphatic rings. The summed E-state index contributed by atoms with van der Waals surface area (Å²) in [5.74, 6) is 0.101.